The molecule has 0 bridgehead atoms. The van der Waals surface area contributed by atoms with Crippen LogP contribution in [0, 0.1) is 0 Å². The van der Waals surface area contributed by atoms with Crippen molar-refractivity contribution in [1.82, 2.24) is 14.9 Å². The first-order valence-corrected chi connectivity index (χ1v) is 9.01. The average Bonchev–Trinajstić information content (AvgIpc) is 2.68. The zero-order valence-electron chi connectivity index (χ0n) is 14.4. The summed E-state index contributed by atoms with van der Waals surface area (Å²) < 4.78 is 5.60. The molecule has 0 radical (unpaired) electrons. The molecule has 0 aliphatic heterocycles. The van der Waals surface area contributed by atoms with Gasteiger partial charge in [0.05, 0.1) is 5.02 Å². The van der Waals surface area contributed by atoms with Gasteiger partial charge in [-0.25, -0.2) is 0 Å². The van der Waals surface area contributed by atoms with Crippen molar-refractivity contribution in [2.45, 2.75) is 13.1 Å². The fourth-order valence-electron chi connectivity index (χ4n) is 2.48. The highest BCUT2D eigenvalue weighted by Gasteiger charge is 2.16. The standard InChI is InChI=1S/C20H17Cl2N3O2/c21-17-3-4-19(18(22)10-17)27-14-20(26)25(12-15-5-8-23-9-6-15)13-16-2-1-7-24-11-16/h1-11H,12-14H2. The second-order valence-electron chi connectivity index (χ2n) is 5.83. The molecule has 0 spiro atoms. The summed E-state index contributed by atoms with van der Waals surface area (Å²) in [7, 11) is 0. The van der Waals surface area contributed by atoms with Crippen LogP contribution in [0.1, 0.15) is 11.1 Å². The van der Waals surface area contributed by atoms with Crippen LogP contribution < -0.4 is 4.74 Å². The quantitative estimate of drug-likeness (QED) is 0.588. The zero-order valence-corrected chi connectivity index (χ0v) is 15.9. The molecule has 1 amide bonds. The highest BCUT2D eigenvalue weighted by atomic mass is 35.5. The molecule has 2 aromatic heterocycles. The Kier molecular flexibility index (Phi) is 6.63. The maximum Gasteiger partial charge on any atom is 0.261 e. The number of rotatable bonds is 7. The van der Waals surface area contributed by atoms with Gasteiger partial charge in [0, 0.05) is 42.9 Å². The Morgan fingerprint density at radius 3 is 2.44 bits per heavy atom. The van der Waals surface area contributed by atoms with Gasteiger partial charge in [0.2, 0.25) is 0 Å². The van der Waals surface area contributed by atoms with Gasteiger partial charge < -0.3 is 9.64 Å². The molecule has 0 saturated heterocycles. The van der Waals surface area contributed by atoms with E-state index >= 15 is 0 Å². The lowest BCUT2D eigenvalue weighted by Gasteiger charge is -2.23. The summed E-state index contributed by atoms with van der Waals surface area (Å²) in [5.74, 6) is 0.251. The van der Waals surface area contributed by atoms with E-state index in [1.165, 1.54) is 0 Å². The van der Waals surface area contributed by atoms with Gasteiger partial charge in [0.15, 0.2) is 6.61 Å². The van der Waals surface area contributed by atoms with Gasteiger partial charge >= 0.3 is 0 Å². The van der Waals surface area contributed by atoms with Gasteiger partial charge in [-0.2, -0.15) is 0 Å². The summed E-state index contributed by atoms with van der Waals surface area (Å²) in [6.45, 7) is 0.730. The molecule has 0 aliphatic carbocycles. The predicted molar refractivity (Wildman–Crippen MR) is 105 cm³/mol. The van der Waals surface area contributed by atoms with E-state index in [0.29, 0.717) is 28.9 Å². The molecule has 0 N–H and O–H groups in total. The van der Waals surface area contributed by atoms with Crippen molar-refractivity contribution in [2.75, 3.05) is 6.61 Å². The Hall–Kier alpha value is -2.63. The second-order valence-corrected chi connectivity index (χ2v) is 6.67. The molecule has 7 heteroatoms. The molecule has 1 aromatic carbocycles. The van der Waals surface area contributed by atoms with Gasteiger partial charge in [-0.3, -0.25) is 14.8 Å². The summed E-state index contributed by atoms with van der Waals surface area (Å²) in [5, 5.41) is 0.873. The van der Waals surface area contributed by atoms with Gasteiger partial charge in [-0.1, -0.05) is 29.3 Å². The molecular formula is C20H17Cl2N3O2. The molecule has 3 aromatic rings. The van der Waals surface area contributed by atoms with Crippen LogP contribution in [-0.4, -0.2) is 27.4 Å². The van der Waals surface area contributed by atoms with E-state index in [-0.39, 0.29) is 12.5 Å². The topological polar surface area (TPSA) is 55.3 Å². The van der Waals surface area contributed by atoms with Crippen molar-refractivity contribution in [2.24, 2.45) is 0 Å². The van der Waals surface area contributed by atoms with E-state index in [2.05, 4.69) is 9.97 Å². The normalized spacial score (nSPS) is 10.4. The molecule has 0 atom stereocenters. The number of carbonyl (C=O) groups is 1. The van der Waals surface area contributed by atoms with Crippen LogP contribution in [0.5, 0.6) is 5.75 Å². The van der Waals surface area contributed by atoms with Crippen LogP contribution in [0.15, 0.2) is 67.3 Å². The third-order valence-corrected chi connectivity index (χ3v) is 4.35. The number of benzene rings is 1. The number of aromatic nitrogens is 2. The van der Waals surface area contributed by atoms with Crippen molar-refractivity contribution < 1.29 is 9.53 Å². The minimum absolute atomic E-state index is 0.132. The van der Waals surface area contributed by atoms with E-state index in [0.717, 1.165) is 11.1 Å². The maximum atomic E-state index is 12.8. The number of carbonyl (C=O) groups excluding carboxylic acids is 1. The van der Waals surface area contributed by atoms with E-state index in [9.17, 15) is 4.79 Å². The van der Waals surface area contributed by atoms with Crippen molar-refractivity contribution in [3.63, 3.8) is 0 Å². The lowest BCUT2D eigenvalue weighted by molar-refractivity contribution is -0.134. The van der Waals surface area contributed by atoms with Crippen LogP contribution in [0.2, 0.25) is 10.0 Å². The minimum atomic E-state index is -0.165. The van der Waals surface area contributed by atoms with Crippen molar-refractivity contribution in [3.8, 4) is 5.75 Å². The van der Waals surface area contributed by atoms with E-state index < -0.39 is 0 Å². The molecule has 0 fully saturated rings. The number of ether oxygens (including phenoxy) is 1. The number of pyridine rings is 2. The predicted octanol–water partition coefficient (Wildman–Crippen LogP) is 4.39. The average molecular weight is 402 g/mol. The van der Waals surface area contributed by atoms with E-state index in [1.807, 2.05) is 24.3 Å². The van der Waals surface area contributed by atoms with Crippen molar-refractivity contribution in [3.05, 3.63) is 88.4 Å². The largest absolute Gasteiger partial charge is 0.482 e. The van der Waals surface area contributed by atoms with Crippen molar-refractivity contribution in [1.29, 1.82) is 0 Å². The summed E-state index contributed by atoms with van der Waals surface area (Å²) in [5.41, 5.74) is 1.91. The second kappa shape index (κ2) is 9.35. The number of nitrogens with zero attached hydrogens (tertiary/aromatic N) is 3. The first kappa shape index (κ1) is 19.1. The Labute approximate surface area is 167 Å². The minimum Gasteiger partial charge on any atom is -0.482 e. The van der Waals surface area contributed by atoms with Crippen molar-refractivity contribution >= 4 is 29.1 Å². The summed E-state index contributed by atoms with van der Waals surface area (Å²) in [6, 6.07) is 12.4. The van der Waals surface area contributed by atoms with Gasteiger partial charge in [-0.15, -0.1) is 0 Å². The third kappa shape index (κ3) is 5.67. The van der Waals surface area contributed by atoms with Crippen LogP contribution in [0.4, 0.5) is 0 Å². The van der Waals surface area contributed by atoms with E-state index in [4.69, 9.17) is 27.9 Å². The third-order valence-electron chi connectivity index (χ3n) is 3.82. The van der Waals surface area contributed by atoms with Crippen LogP contribution in [0.3, 0.4) is 0 Å². The highest BCUT2D eigenvalue weighted by molar-refractivity contribution is 6.35. The highest BCUT2D eigenvalue weighted by Crippen LogP contribution is 2.27. The van der Waals surface area contributed by atoms with Gasteiger partial charge in [-0.05, 0) is 47.5 Å². The van der Waals surface area contributed by atoms with Crippen LogP contribution in [-0.2, 0) is 17.9 Å². The molecular weight excluding hydrogens is 385 g/mol. The molecule has 0 saturated carbocycles. The summed E-state index contributed by atoms with van der Waals surface area (Å²) >= 11 is 12.0. The lowest BCUT2D eigenvalue weighted by Crippen LogP contribution is -2.34. The Morgan fingerprint density at radius 1 is 0.963 bits per heavy atom. The molecule has 5 nitrogen and oxygen atoms in total. The first-order chi connectivity index (χ1) is 13.1. The monoisotopic (exact) mass is 401 g/mol. The Bertz CT molecular complexity index is 851. The summed E-state index contributed by atoms with van der Waals surface area (Å²) in [4.78, 5) is 22.6. The number of amides is 1. The number of hydrogen-bond donors (Lipinski definition) is 0. The summed E-state index contributed by atoms with van der Waals surface area (Å²) in [6.07, 6.45) is 6.84. The fraction of sp³-hybridized carbons (Fsp3) is 0.150. The van der Waals surface area contributed by atoms with E-state index in [1.54, 1.807) is 47.9 Å². The molecule has 0 aliphatic rings. The Balaban J connectivity index is 1.71. The molecule has 2 heterocycles. The molecule has 3 rings (SSSR count). The van der Waals surface area contributed by atoms with Crippen LogP contribution >= 0.6 is 23.2 Å². The van der Waals surface area contributed by atoms with Gasteiger partial charge in [0.25, 0.3) is 5.91 Å². The number of halogens is 2. The first-order valence-electron chi connectivity index (χ1n) is 8.25. The lowest BCUT2D eigenvalue weighted by atomic mass is 10.2. The van der Waals surface area contributed by atoms with Crippen LogP contribution in [0.25, 0.3) is 0 Å². The SMILES string of the molecule is O=C(COc1ccc(Cl)cc1Cl)N(Cc1ccncc1)Cc1cccnc1. The number of hydrogen-bond acceptors (Lipinski definition) is 4. The smallest absolute Gasteiger partial charge is 0.261 e. The Morgan fingerprint density at radius 2 is 1.74 bits per heavy atom. The maximum absolute atomic E-state index is 12.8. The molecule has 27 heavy (non-hydrogen) atoms. The zero-order chi connectivity index (χ0) is 19.1. The fourth-order valence-corrected chi connectivity index (χ4v) is 2.94. The molecule has 138 valence electrons. The van der Waals surface area contributed by atoms with Gasteiger partial charge in [0.1, 0.15) is 5.75 Å². The molecule has 0 unspecified atom stereocenters.